The molecule has 8 heteroatoms. The second kappa shape index (κ2) is 8.40. The summed E-state index contributed by atoms with van der Waals surface area (Å²) >= 11 is 0. The predicted octanol–water partition coefficient (Wildman–Crippen LogP) is 2.05. The molecule has 1 rings (SSSR count). The van der Waals surface area contributed by atoms with E-state index in [1.54, 1.807) is 6.08 Å². The molecule has 0 radical (unpaired) electrons. The van der Waals surface area contributed by atoms with E-state index < -0.39 is 23.4 Å². The van der Waals surface area contributed by atoms with Crippen molar-refractivity contribution in [3.63, 3.8) is 0 Å². The van der Waals surface area contributed by atoms with Crippen LogP contribution in [0.4, 0.5) is 11.4 Å². The van der Waals surface area contributed by atoms with Gasteiger partial charge in [-0.05, 0) is 12.5 Å². The van der Waals surface area contributed by atoms with Crippen molar-refractivity contribution in [2.24, 2.45) is 0 Å². The van der Waals surface area contributed by atoms with Crippen LogP contribution in [-0.4, -0.2) is 30.5 Å². The molecule has 1 aromatic carbocycles. The summed E-state index contributed by atoms with van der Waals surface area (Å²) < 4.78 is 9.72. The first-order valence-corrected chi connectivity index (χ1v) is 6.43. The molecule has 0 saturated carbocycles. The van der Waals surface area contributed by atoms with Crippen LogP contribution < -0.4 is 10.1 Å². The molecule has 0 bridgehead atoms. The average molecular weight is 308 g/mol. The Morgan fingerprint density at radius 1 is 1.41 bits per heavy atom. The molecule has 0 atom stereocenters. The zero-order valence-electron chi connectivity index (χ0n) is 12.2. The molecular formula is C14H16N2O6. The lowest BCUT2D eigenvalue weighted by atomic mass is 10.2. The third kappa shape index (κ3) is 5.23. The van der Waals surface area contributed by atoms with Gasteiger partial charge in [0.15, 0.2) is 6.61 Å². The first kappa shape index (κ1) is 17.2. The maximum absolute atomic E-state index is 11.7. The van der Waals surface area contributed by atoms with E-state index in [0.717, 1.165) is 6.07 Å². The third-order valence-corrected chi connectivity index (χ3v) is 2.50. The van der Waals surface area contributed by atoms with Crippen LogP contribution >= 0.6 is 0 Å². The van der Waals surface area contributed by atoms with Gasteiger partial charge in [-0.3, -0.25) is 14.9 Å². The number of nitrogens with one attached hydrogen (secondary N) is 1. The fraction of sp³-hybridized carbons (Fsp3) is 0.286. The number of nitrogens with zero attached hydrogens (tertiary/aromatic N) is 1. The molecular weight excluding hydrogens is 292 g/mol. The quantitative estimate of drug-likeness (QED) is 0.357. The molecule has 0 fully saturated rings. The van der Waals surface area contributed by atoms with Crippen LogP contribution in [0, 0.1) is 10.1 Å². The number of rotatable bonds is 7. The van der Waals surface area contributed by atoms with Crippen molar-refractivity contribution in [3.05, 3.63) is 40.5 Å². The number of hydrogen-bond acceptors (Lipinski definition) is 6. The van der Waals surface area contributed by atoms with Crippen molar-refractivity contribution >= 4 is 23.3 Å². The summed E-state index contributed by atoms with van der Waals surface area (Å²) in [5.74, 6) is -1.00. The van der Waals surface area contributed by atoms with Crippen molar-refractivity contribution in [2.45, 2.75) is 13.3 Å². The number of benzene rings is 1. The minimum Gasteiger partial charge on any atom is -0.495 e. The molecule has 0 saturated heterocycles. The lowest BCUT2D eigenvalue weighted by Crippen LogP contribution is -2.20. The van der Waals surface area contributed by atoms with Gasteiger partial charge in [-0.15, -0.1) is 0 Å². The van der Waals surface area contributed by atoms with E-state index in [1.165, 1.54) is 25.3 Å². The molecule has 22 heavy (non-hydrogen) atoms. The first-order valence-electron chi connectivity index (χ1n) is 6.43. The van der Waals surface area contributed by atoms with Crippen LogP contribution in [0.15, 0.2) is 30.4 Å². The highest BCUT2D eigenvalue weighted by molar-refractivity contribution is 5.95. The Hall–Kier alpha value is -2.90. The van der Waals surface area contributed by atoms with Crippen LogP contribution in [0.2, 0.25) is 0 Å². The SMILES string of the molecule is CC/C=C/C(=O)OCC(=O)Nc1cc([N+](=O)[O-])ccc1OC. The largest absolute Gasteiger partial charge is 0.495 e. The van der Waals surface area contributed by atoms with Crippen LogP contribution in [0.3, 0.4) is 0 Å². The van der Waals surface area contributed by atoms with Gasteiger partial charge in [-0.2, -0.15) is 0 Å². The molecule has 1 amide bonds. The molecule has 1 N–H and O–H groups in total. The minimum atomic E-state index is -0.636. The van der Waals surface area contributed by atoms with Gasteiger partial charge in [0.1, 0.15) is 5.75 Å². The summed E-state index contributed by atoms with van der Waals surface area (Å²) in [6, 6.07) is 3.78. The summed E-state index contributed by atoms with van der Waals surface area (Å²) in [6.45, 7) is 1.35. The van der Waals surface area contributed by atoms with Gasteiger partial charge in [0.05, 0.1) is 17.7 Å². The Bertz CT molecular complexity index is 597. The van der Waals surface area contributed by atoms with E-state index in [2.05, 4.69) is 5.32 Å². The standard InChI is InChI=1S/C14H16N2O6/c1-3-4-5-14(18)22-9-13(17)15-11-8-10(16(19)20)6-7-12(11)21-2/h4-8H,3,9H2,1-2H3,(H,15,17)/b5-4+. The summed E-state index contributed by atoms with van der Waals surface area (Å²) in [5.41, 5.74) is -0.0687. The molecule has 118 valence electrons. The average Bonchev–Trinajstić information content (AvgIpc) is 2.50. The maximum atomic E-state index is 11.7. The molecule has 8 nitrogen and oxygen atoms in total. The molecule has 1 aromatic rings. The van der Waals surface area contributed by atoms with Gasteiger partial charge in [-0.25, -0.2) is 4.79 Å². The number of allylic oxidation sites excluding steroid dienone is 1. The van der Waals surface area contributed by atoms with E-state index in [0.29, 0.717) is 6.42 Å². The summed E-state index contributed by atoms with van der Waals surface area (Å²) in [6.07, 6.45) is 3.50. The van der Waals surface area contributed by atoms with E-state index in [1.807, 2.05) is 6.92 Å². The Morgan fingerprint density at radius 3 is 2.73 bits per heavy atom. The molecule has 0 aliphatic carbocycles. The Morgan fingerprint density at radius 2 is 2.14 bits per heavy atom. The van der Waals surface area contributed by atoms with Crippen molar-refractivity contribution in [3.8, 4) is 5.75 Å². The van der Waals surface area contributed by atoms with Gasteiger partial charge in [0.25, 0.3) is 11.6 Å². The zero-order chi connectivity index (χ0) is 16.5. The van der Waals surface area contributed by atoms with Gasteiger partial charge in [0, 0.05) is 18.2 Å². The summed E-state index contributed by atoms with van der Waals surface area (Å²) in [5, 5.41) is 13.1. The van der Waals surface area contributed by atoms with Crippen LogP contribution in [-0.2, 0) is 14.3 Å². The number of nitro benzene ring substituents is 1. The molecule has 0 unspecified atom stereocenters. The number of carbonyl (C=O) groups excluding carboxylic acids is 2. The predicted molar refractivity (Wildman–Crippen MR) is 78.7 cm³/mol. The lowest BCUT2D eigenvalue weighted by molar-refractivity contribution is -0.384. The minimum absolute atomic E-state index is 0.127. The Balaban J connectivity index is 2.70. The molecule has 0 heterocycles. The van der Waals surface area contributed by atoms with Crippen molar-refractivity contribution < 1.29 is 24.0 Å². The fourth-order valence-electron chi connectivity index (χ4n) is 1.49. The molecule has 0 aromatic heterocycles. The number of non-ortho nitro benzene ring substituents is 1. The van der Waals surface area contributed by atoms with Crippen LogP contribution in [0.25, 0.3) is 0 Å². The Labute approximate surface area is 126 Å². The van der Waals surface area contributed by atoms with E-state index in [-0.39, 0.29) is 17.1 Å². The molecule has 0 spiro atoms. The number of anilines is 1. The second-order valence-corrected chi connectivity index (χ2v) is 4.11. The maximum Gasteiger partial charge on any atom is 0.330 e. The summed E-state index contributed by atoms with van der Waals surface area (Å²) in [4.78, 5) is 33.1. The van der Waals surface area contributed by atoms with E-state index in [9.17, 15) is 19.7 Å². The second-order valence-electron chi connectivity index (χ2n) is 4.11. The highest BCUT2D eigenvalue weighted by atomic mass is 16.6. The van der Waals surface area contributed by atoms with Crippen LogP contribution in [0.5, 0.6) is 5.75 Å². The highest BCUT2D eigenvalue weighted by Crippen LogP contribution is 2.28. The van der Waals surface area contributed by atoms with E-state index in [4.69, 9.17) is 9.47 Å². The van der Waals surface area contributed by atoms with Gasteiger partial charge in [-0.1, -0.05) is 13.0 Å². The van der Waals surface area contributed by atoms with Gasteiger partial charge in [0.2, 0.25) is 0 Å². The van der Waals surface area contributed by atoms with Crippen molar-refractivity contribution in [1.82, 2.24) is 0 Å². The normalized spacial score (nSPS) is 10.3. The number of ether oxygens (including phenoxy) is 2. The number of amides is 1. The third-order valence-electron chi connectivity index (χ3n) is 2.50. The zero-order valence-corrected chi connectivity index (χ0v) is 12.2. The number of carbonyl (C=O) groups is 2. The van der Waals surface area contributed by atoms with Crippen molar-refractivity contribution in [1.29, 1.82) is 0 Å². The number of nitro groups is 1. The highest BCUT2D eigenvalue weighted by Gasteiger charge is 2.14. The number of hydrogen-bond donors (Lipinski definition) is 1. The summed E-state index contributed by atoms with van der Waals surface area (Å²) in [7, 11) is 1.37. The number of methoxy groups -OCH3 is 1. The monoisotopic (exact) mass is 308 g/mol. The van der Waals surface area contributed by atoms with E-state index >= 15 is 0 Å². The number of esters is 1. The molecule has 0 aliphatic rings. The fourth-order valence-corrected chi connectivity index (χ4v) is 1.49. The topological polar surface area (TPSA) is 108 Å². The smallest absolute Gasteiger partial charge is 0.330 e. The van der Waals surface area contributed by atoms with Crippen LogP contribution in [0.1, 0.15) is 13.3 Å². The van der Waals surface area contributed by atoms with Gasteiger partial charge < -0.3 is 14.8 Å². The Kier molecular flexibility index (Phi) is 6.55. The van der Waals surface area contributed by atoms with Gasteiger partial charge >= 0.3 is 5.97 Å². The first-order chi connectivity index (χ1) is 10.5. The lowest BCUT2D eigenvalue weighted by Gasteiger charge is -2.09. The van der Waals surface area contributed by atoms with Crippen molar-refractivity contribution in [2.75, 3.05) is 19.0 Å². The molecule has 0 aliphatic heterocycles.